The van der Waals surface area contributed by atoms with Crippen LogP contribution in [0, 0.1) is 12.8 Å². The van der Waals surface area contributed by atoms with Crippen LogP contribution in [0.3, 0.4) is 0 Å². The van der Waals surface area contributed by atoms with Crippen molar-refractivity contribution in [1.82, 2.24) is 50.4 Å². The molecule has 19 heteroatoms. The van der Waals surface area contributed by atoms with Gasteiger partial charge in [0, 0.05) is 19.3 Å². The summed E-state index contributed by atoms with van der Waals surface area (Å²) in [6.45, 7) is -0.0839. The van der Waals surface area contributed by atoms with E-state index in [0.29, 0.717) is 4.68 Å². The van der Waals surface area contributed by atoms with Crippen molar-refractivity contribution in [2.45, 2.75) is 76.1 Å². The van der Waals surface area contributed by atoms with Gasteiger partial charge in [-0.05, 0) is 52.9 Å². The first-order valence-corrected chi connectivity index (χ1v) is 12.7. The average Bonchev–Trinajstić information content (AvgIpc) is 3.64. The topological polar surface area (TPSA) is 142 Å². The fourth-order valence-corrected chi connectivity index (χ4v) is 5.04. The molecule has 0 aromatic carbocycles. The zero-order valence-corrected chi connectivity index (χ0v) is 21.8. The second-order valence-electron chi connectivity index (χ2n) is 10.1. The van der Waals surface area contributed by atoms with Gasteiger partial charge in [0.05, 0.1) is 30.0 Å². The van der Waals surface area contributed by atoms with Gasteiger partial charge in [-0.15, -0.1) is 5.10 Å². The first-order valence-electron chi connectivity index (χ1n) is 12.7. The van der Waals surface area contributed by atoms with Crippen LogP contribution in [0.4, 0.5) is 30.7 Å². The Morgan fingerprint density at radius 2 is 1.95 bits per heavy atom. The number of tetrazole rings is 1. The Hall–Kier alpha value is -4.19. The third kappa shape index (κ3) is 6.48. The predicted octanol–water partition coefficient (Wildman–Crippen LogP) is 4.05. The van der Waals surface area contributed by atoms with Crippen molar-refractivity contribution >= 4 is 11.6 Å². The number of nitrogens with zero attached hydrogens (tertiary/aromatic N) is 9. The molecule has 0 bridgehead atoms. The molecule has 0 saturated heterocycles. The molecule has 226 valence electrons. The minimum Gasteiger partial charge on any atom is -0.342 e. The fraction of sp³-hybridized carbons (Fsp3) is 0.565. The maximum atomic E-state index is 13.9. The highest BCUT2D eigenvalue weighted by Crippen LogP contribution is 2.41. The highest BCUT2D eigenvalue weighted by Gasteiger charge is 2.40. The maximum absolute atomic E-state index is 13.9. The zero-order valence-electron chi connectivity index (χ0n) is 21.8. The van der Waals surface area contributed by atoms with Crippen LogP contribution in [-0.2, 0) is 6.54 Å². The molecule has 1 amide bonds. The number of amides is 1. The van der Waals surface area contributed by atoms with Crippen molar-refractivity contribution in [1.29, 1.82) is 0 Å². The Morgan fingerprint density at radius 3 is 2.60 bits per heavy atom. The van der Waals surface area contributed by atoms with Crippen LogP contribution in [-0.4, -0.2) is 69.6 Å². The van der Waals surface area contributed by atoms with E-state index in [1.807, 2.05) is 0 Å². The molecule has 42 heavy (non-hydrogen) atoms. The smallest absolute Gasteiger partial charge is 0.342 e. The largest absolute Gasteiger partial charge is 0.408 e. The molecule has 2 atom stereocenters. The number of carbonyl (C=O) groups excluding carboxylic acids is 1. The average molecular weight is 604 g/mol. The molecule has 1 aliphatic carbocycles. The van der Waals surface area contributed by atoms with E-state index in [1.165, 1.54) is 29.9 Å². The highest BCUT2D eigenvalue weighted by molar-refractivity contribution is 5.93. The van der Waals surface area contributed by atoms with E-state index in [1.54, 1.807) is 0 Å². The van der Waals surface area contributed by atoms with Crippen LogP contribution in [0.2, 0.25) is 0 Å². The predicted molar refractivity (Wildman–Crippen MR) is 125 cm³/mol. The Kier molecular flexibility index (Phi) is 7.84. The lowest BCUT2D eigenvalue weighted by atomic mass is 9.81. The molecule has 0 unspecified atom stereocenters. The Balaban J connectivity index is 1.49. The van der Waals surface area contributed by atoms with Gasteiger partial charge in [-0.1, -0.05) is 5.16 Å². The molecule has 1 fully saturated rings. The molecule has 4 aromatic rings. The first kappa shape index (κ1) is 29.3. The van der Waals surface area contributed by atoms with E-state index in [4.69, 9.17) is 0 Å². The zero-order chi connectivity index (χ0) is 30.2. The van der Waals surface area contributed by atoms with Gasteiger partial charge in [0.1, 0.15) is 12.2 Å². The summed E-state index contributed by atoms with van der Waals surface area (Å²) in [7, 11) is 0. The molecule has 12 nitrogen and oxygen atoms in total. The molecule has 5 rings (SSSR count). The van der Waals surface area contributed by atoms with E-state index in [-0.39, 0.29) is 41.1 Å². The molecule has 1 aliphatic rings. The van der Waals surface area contributed by atoms with E-state index in [0.717, 1.165) is 0 Å². The summed E-state index contributed by atoms with van der Waals surface area (Å²) in [5, 5.41) is 24.2. The minimum absolute atomic E-state index is 0.0683. The fourth-order valence-electron chi connectivity index (χ4n) is 5.04. The number of halogens is 7. The molecule has 4 aromatic heterocycles. The third-order valence-corrected chi connectivity index (χ3v) is 7.08. The summed E-state index contributed by atoms with van der Waals surface area (Å²) < 4.78 is 100. The summed E-state index contributed by atoms with van der Waals surface area (Å²) in [4.78, 5) is 17.4. The SMILES string of the molecule is Cc1nonc1C(=O)N[C@H](c1cn2ncc([C@H](CC(F)F)c3nnnn3CC(F)(F)F)cc2n1)C1CCC(F)(F)CC1. The second kappa shape index (κ2) is 11.2. The summed E-state index contributed by atoms with van der Waals surface area (Å²) in [5.74, 6) is -5.75. The number of carbonyl (C=O) groups is 1. The van der Waals surface area contributed by atoms with Crippen molar-refractivity contribution in [3.63, 3.8) is 0 Å². The van der Waals surface area contributed by atoms with Crippen molar-refractivity contribution in [3.05, 3.63) is 46.9 Å². The van der Waals surface area contributed by atoms with Crippen LogP contribution < -0.4 is 5.32 Å². The number of imidazole rings is 1. The first-order chi connectivity index (χ1) is 19.8. The van der Waals surface area contributed by atoms with Gasteiger partial charge < -0.3 is 5.32 Å². The summed E-state index contributed by atoms with van der Waals surface area (Å²) in [5.41, 5.74) is 0.527. The van der Waals surface area contributed by atoms with E-state index in [9.17, 15) is 35.5 Å². The van der Waals surface area contributed by atoms with Crippen molar-refractivity contribution < 1.29 is 40.2 Å². The van der Waals surface area contributed by atoms with Gasteiger partial charge in [0.2, 0.25) is 12.3 Å². The monoisotopic (exact) mass is 604 g/mol. The highest BCUT2D eigenvalue weighted by atomic mass is 19.4. The molecular formula is C23H23F7N10O2. The van der Waals surface area contributed by atoms with E-state index < -0.39 is 73.9 Å². The van der Waals surface area contributed by atoms with Crippen LogP contribution >= 0.6 is 0 Å². The lowest BCUT2D eigenvalue weighted by Gasteiger charge is -2.33. The van der Waals surface area contributed by atoms with Gasteiger partial charge in [-0.3, -0.25) is 4.79 Å². The molecule has 4 heterocycles. The van der Waals surface area contributed by atoms with Crippen molar-refractivity contribution in [3.8, 4) is 0 Å². The van der Waals surface area contributed by atoms with Crippen LogP contribution in [0.1, 0.15) is 77.3 Å². The third-order valence-electron chi connectivity index (χ3n) is 7.08. The second-order valence-corrected chi connectivity index (χ2v) is 10.1. The van der Waals surface area contributed by atoms with Gasteiger partial charge in [0.25, 0.3) is 5.91 Å². The number of alkyl halides is 7. The number of aromatic nitrogens is 9. The molecule has 1 N–H and O–H groups in total. The standard InChI is InChI=1S/C23H23F7N10O2/c1-11-18(36-42-35-11)21(41)33-19(12-2-4-22(26,27)5-3-12)15-9-39-17(32-15)6-13(8-31-39)14(7-16(24)25)20-34-37-38-40(20)10-23(28,29)30/h6,8-9,12,14,16,19H,2-5,7,10H2,1H3,(H,33,41)/t14-,19-/m0/s1. The van der Waals surface area contributed by atoms with E-state index in [2.05, 4.69) is 45.9 Å². The summed E-state index contributed by atoms with van der Waals surface area (Å²) in [6, 6.07) is 0.473. The maximum Gasteiger partial charge on any atom is 0.408 e. The Morgan fingerprint density at radius 1 is 1.21 bits per heavy atom. The minimum atomic E-state index is -4.71. The Bertz CT molecular complexity index is 1540. The number of aryl methyl sites for hydroxylation is 1. The number of fused-ring (bicyclic) bond motifs is 1. The number of nitrogens with one attached hydrogen (secondary N) is 1. The normalized spacial score (nSPS) is 17.5. The summed E-state index contributed by atoms with van der Waals surface area (Å²) >= 11 is 0. The molecular weight excluding hydrogens is 581 g/mol. The van der Waals surface area contributed by atoms with E-state index >= 15 is 0 Å². The number of hydrogen-bond acceptors (Lipinski definition) is 9. The lowest BCUT2D eigenvalue weighted by Crippen LogP contribution is -2.37. The lowest BCUT2D eigenvalue weighted by molar-refractivity contribution is -0.143. The quantitative estimate of drug-likeness (QED) is 0.280. The molecule has 0 aliphatic heterocycles. The number of hydrogen-bond donors (Lipinski definition) is 1. The van der Waals surface area contributed by atoms with Crippen molar-refractivity contribution in [2.24, 2.45) is 5.92 Å². The van der Waals surface area contributed by atoms with Gasteiger partial charge in [-0.25, -0.2) is 36.4 Å². The van der Waals surface area contributed by atoms with Gasteiger partial charge >= 0.3 is 6.18 Å². The van der Waals surface area contributed by atoms with Gasteiger partial charge in [0.15, 0.2) is 17.2 Å². The summed E-state index contributed by atoms with van der Waals surface area (Å²) in [6.07, 6.45) is -6.56. The van der Waals surface area contributed by atoms with Crippen LogP contribution in [0.15, 0.2) is 23.1 Å². The van der Waals surface area contributed by atoms with Gasteiger partial charge in [-0.2, -0.15) is 18.3 Å². The van der Waals surface area contributed by atoms with Crippen LogP contribution in [0.25, 0.3) is 5.65 Å². The van der Waals surface area contributed by atoms with Crippen LogP contribution in [0.5, 0.6) is 0 Å². The number of rotatable bonds is 9. The molecule has 0 radical (unpaired) electrons. The Labute approximate surface area is 231 Å². The molecule has 1 saturated carbocycles. The molecule has 0 spiro atoms. The van der Waals surface area contributed by atoms with Crippen molar-refractivity contribution in [2.75, 3.05) is 0 Å².